The van der Waals surface area contributed by atoms with Crippen molar-refractivity contribution in [2.45, 2.75) is 38.6 Å². The lowest BCUT2D eigenvalue weighted by atomic mass is 10.0. The van der Waals surface area contributed by atoms with Crippen LogP contribution in [0, 0.1) is 5.92 Å². The Morgan fingerprint density at radius 2 is 2.18 bits per heavy atom. The summed E-state index contributed by atoms with van der Waals surface area (Å²) in [6.45, 7) is 4.03. The molecule has 1 aliphatic heterocycles. The van der Waals surface area contributed by atoms with Crippen LogP contribution in [0.15, 0.2) is 0 Å². The van der Waals surface area contributed by atoms with E-state index < -0.39 is 6.10 Å². The van der Waals surface area contributed by atoms with Crippen LogP contribution in [-0.2, 0) is 4.74 Å². The van der Waals surface area contributed by atoms with Gasteiger partial charge in [-0.05, 0) is 5.92 Å². The van der Waals surface area contributed by atoms with Gasteiger partial charge in [-0.25, -0.2) is 0 Å². The molecule has 0 bridgehead atoms. The zero-order valence-electron chi connectivity index (χ0n) is 7.03. The molecule has 0 aliphatic carbocycles. The van der Waals surface area contributed by atoms with E-state index in [0.717, 1.165) is 0 Å². The van der Waals surface area contributed by atoms with Crippen LogP contribution < -0.4 is 0 Å². The number of hydrogen-bond acceptors (Lipinski definition) is 3. The van der Waals surface area contributed by atoms with Gasteiger partial charge in [-0.3, -0.25) is 0 Å². The number of ether oxygens (including phenoxy) is 1. The minimum atomic E-state index is -0.396. The van der Waals surface area contributed by atoms with Crippen LogP contribution in [0.1, 0.15) is 20.3 Å². The Morgan fingerprint density at radius 1 is 1.55 bits per heavy atom. The van der Waals surface area contributed by atoms with Gasteiger partial charge in [0, 0.05) is 6.42 Å². The second-order valence-electron chi connectivity index (χ2n) is 3.45. The molecule has 3 nitrogen and oxygen atoms in total. The number of hydrogen-bond donors (Lipinski definition) is 2. The lowest BCUT2D eigenvalue weighted by molar-refractivity contribution is -0.0320. The summed E-state index contributed by atoms with van der Waals surface area (Å²) in [5.74, 6) is 0.321. The standard InChI is InChI=1S/C8H16O3/c1-5(2)8-7(10)3-6(4-9)11-8/h5-10H,3-4H2,1-2H3/t6-,7-,8-/m0/s1. The molecule has 66 valence electrons. The van der Waals surface area contributed by atoms with E-state index >= 15 is 0 Å². The predicted molar refractivity (Wildman–Crippen MR) is 41.2 cm³/mol. The Kier molecular flexibility index (Phi) is 2.87. The molecule has 0 radical (unpaired) electrons. The minimum absolute atomic E-state index is 0.0142. The maximum atomic E-state index is 9.42. The van der Waals surface area contributed by atoms with Crippen molar-refractivity contribution in [2.24, 2.45) is 5.92 Å². The van der Waals surface area contributed by atoms with E-state index in [0.29, 0.717) is 12.3 Å². The summed E-state index contributed by atoms with van der Waals surface area (Å²) in [5.41, 5.74) is 0. The van der Waals surface area contributed by atoms with E-state index in [4.69, 9.17) is 9.84 Å². The van der Waals surface area contributed by atoms with Crippen LogP contribution in [-0.4, -0.2) is 35.1 Å². The smallest absolute Gasteiger partial charge is 0.0862 e. The Bertz CT molecular complexity index is 125. The summed E-state index contributed by atoms with van der Waals surface area (Å²) >= 11 is 0. The quantitative estimate of drug-likeness (QED) is 0.604. The molecule has 1 saturated heterocycles. The van der Waals surface area contributed by atoms with Crippen molar-refractivity contribution in [3.05, 3.63) is 0 Å². The SMILES string of the molecule is CC(C)[C@@H]1O[C@H](CO)C[C@@H]1O. The summed E-state index contributed by atoms with van der Waals surface area (Å²) in [7, 11) is 0. The Labute approximate surface area is 67.0 Å². The van der Waals surface area contributed by atoms with Crippen LogP contribution in [0.4, 0.5) is 0 Å². The molecule has 11 heavy (non-hydrogen) atoms. The Hall–Kier alpha value is -0.120. The summed E-state index contributed by atoms with van der Waals surface area (Å²) in [6, 6.07) is 0. The van der Waals surface area contributed by atoms with E-state index in [1.54, 1.807) is 0 Å². The van der Waals surface area contributed by atoms with Crippen molar-refractivity contribution in [1.29, 1.82) is 0 Å². The number of aliphatic hydroxyl groups excluding tert-OH is 2. The number of rotatable bonds is 2. The molecule has 0 spiro atoms. The van der Waals surface area contributed by atoms with Gasteiger partial charge >= 0.3 is 0 Å². The highest BCUT2D eigenvalue weighted by Gasteiger charge is 2.34. The first-order chi connectivity index (χ1) is 5.15. The van der Waals surface area contributed by atoms with Crippen molar-refractivity contribution in [2.75, 3.05) is 6.61 Å². The van der Waals surface area contributed by atoms with Gasteiger partial charge < -0.3 is 14.9 Å². The van der Waals surface area contributed by atoms with Crippen LogP contribution >= 0.6 is 0 Å². The second-order valence-corrected chi connectivity index (χ2v) is 3.45. The monoisotopic (exact) mass is 160 g/mol. The summed E-state index contributed by atoms with van der Waals surface area (Å²) in [5, 5.41) is 18.2. The van der Waals surface area contributed by atoms with Crippen LogP contribution in [0.2, 0.25) is 0 Å². The van der Waals surface area contributed by atoms with Crippen molar-refractivity contribution < 1.29 is 14.9 Å². The molecule has 0 aromatic heterocycles. The molecular weight excluding hydrogens is 144 g/mol. The molecule has 2 N–H and O–H groups in total. The molecule has 0 unspecified atom stereocenters. The molecule has 3 heteroatoms. The first-order valence-corrected chi connectivity index (χ1v) is 4.09. The topological polar surface area (TPSA) is 49.7 Å². The average molecular weight is 160 g/mol. The fourth-order valence-electron chi connectivity index (χ4n) is 1.49. The third-order valence-electron chi connectivity index (χ3n) is 2.09. The lowest BCUT2D eigenvalue weighted by Crippen LogP contribution is -2.26. The molecule has 3 atom stereocenters. The molecule has 1 aliphatic rings. The lowest BCUT2D eigenvalue weighted by Gasteiger charge is -2.17. The zero-order valence-corrected chi connectivity index (χ0v) is 7.03. The normalized spacial score (nSPS) is 38.5. The maximum Gasteiger partial charge on any atom is 0.0862 e. The van der Waals surface area contributed by atoms with Gasteiger partial charge in [0.15, 0.2) is 0 Å². The van der Waals surface area contributed by atoms with E-state index in [1.807, 2.05) is 13.8 Å². The Morgan fingerprint density at radius 3 is 2.45 bits per heavy atom. The van der Waals surface area contributed by atoms with Gasteiger partial charge in [0.1, 0.15) is 0 Å². The molecular formula is C8H16O3. The van der Waals surface area contributed by atoms with Gasteiger partial charge in [0.05, 0.1) is 24.9 Å². The van der Waals surface area contributed by atoms with Gasteiger partial charge in [-0.15, -0.1) is 0 Å². The third kappa shape index (κ3) is 1.92. The fraction of sp³-hybridized carbons (Fsp3) is 1.00. The first-order valence-electron chi connectivity index (χ1n) is 4.09. The predicted octanol–water partition coefficient (Wildman–Crippen LogP) is 0.153. The van der Waals surface area contributed by atoms with E-state index in [9.17, 15) is 5.11 Å². The Balaban J connectivity index is 2.45. The van der Waals surface area contributed by atoms with Crippen LogP contribution in [0.5, 0.6) is 0 Å². The largest absolute Gasteiger partial charge is 0.394 e. The van der Waals surface area contributed by atoms with Crippen molar-refractivity contribution in [3.63, 3.8) is 0 Å². The number of aliphatic hydroxyl groups is 2. The highest BCUT2D eigenvalue weighted by molar-refractivity contribution is 4.83. The van der Waals surface area contributed by atoms with Gasteiger partial charge in [0.25, 0.3) is 0 Å². The fourth-order valence-corrected chi connectivity index (χ4v) is 1.49. The summed E-state index contributed by atoms with van der Waals surface area (Å²) in [4.78, 5) is 0. The molecule has 1 rings (SSSR count). The second kappa shape index (κ2) is 3.52. The van der Waals surface area contributed by atoms with Gasteiger partial charge in [0.2, 0.25) is 0 Å². The van der Waals surface area contributed by atoms with E-state index in [-0.39, 0.29) is 18.8 Å². The molecule has 0 aromatic rings. The summed E-state index contributed by atoms with van der Waals surface area (Å²) < 4.78 is 5.38. The van der Waals surface area contributed by atoms with Crippen LogP contribution in [0.3, 0.4) is 0 Å². The highest BCUT2D eigenvalue weighted by Crippen LogP contribution is 2.25. The molecule has 0 saturated carbocycles. The van der Waals surface area contributed by atoms with Gasteiger partial charge in [-0.2, -0.15) is 0 Å². The van der Waals surface area contributed by atoms with Crippen molar-refractivity contribution in [3.8, 4) is 0 Å². The molecule has 0 amide bonds. The minimum Gasteiger partial charge on any atom is -0.394 e. The van der Waals surface area contributed by atoms with E-state index in [1.165, 1.54) is 0 Å². The van der Waals surface area contributed by atoms with Crippen molar-refractivity contribution in [1.82, 2.24) is 0 Å². The summed E-state index contributed by atoms with van der Waals surface area (Å²) in [6.07, 6.45) is -0.0731. The third-order valence-corrected chi connectivity index (χ3v) is 2.09. The van der Waals surface area contributed by atoms with Crippen molar-refractivity contribution >= 4 is 0 Å². The van der Waals surface area contributed by atoms with Gasteiger partial charge in [-0.1, -0.05) is 13.8 Å². The molecule has 1 heterocycles. The zero-order chi connectivity index (χ0) is 8.43. The molecule has 1 fully saturated rings. The van der Waals surface area contributed by atoms with Crippen LogP contribution in [0.25, 0.3) is 0 Å². The van der Waals surface area contributed by atoms with E-state index in [2.05, 4.69) is 0 Å². The average Bonchev–Trinajstić information content (AvgIpc) is 2.30. The first kappa shape index (κ1) is 8.97. The maximum absolute atomic E-state index is 9.42. The highest BCUT2D eigenvalue weighted by atomic mass is 16.5. The molecule has 0 aromatic carbocycles.